The van der Waals surface area contributed by atoms with Crippen LogP contribution in [0.5, 0.6) is 0 Å². The van der Waals surface area contributed by atoms with Gasteiger partial charge in [-0.05, 0) is 54.5 Å². The highest BCUT2D eigenvalue weighted by Crippen LogP contribution is 2.47. The van der Waals surface area contributed by atoms with Crippen LogP contribution in [0.3, 0.4) is 0 Å². The van der Waals surface area contributed by atoms with Crippen molar-refractivity contribution in [1.82, 2.24) is 19.1 Å². The molecule has 0 saturated heterocycles. The van der Waals surface area contributed by atoms with E-state index in [-0.39, 0.29) is 6.71 Å². The molecule has 2 aliphatic rings. The molecular formula is C40H23BN4. The predicted octanol–water partition coefficient (Wildman–Crippen LogP) is 7.33. The number of pyridine rings is 2. The third kappa shape index (κ3) is 2.36. The first-order valence-corrected chi connectivity index (χ1v) is 15.7. The molecular weight excluding hydrogens is 547 g/mol. The molecule has 10 aromatic rings. The van der Waals surface area contributed by atoms with E-state index in [2.05, 4.69) is 126 Å². The predicted molar refractivity (Wildman–Crippen MR) is 189 cm³/mol. The van der Waals surface area contributed by atoms with Gasteiger partial charge < -0.3 is 9.13 Å². The summed E-state index contributed by atoms with van der Waals surface area (Å²) < 4.78 is 5.16. The lowest BCUT2D eigenvalue weighted by Gasteiger charge is -2.36. The molecule has 0 aliphatic carbocycles. The number of aromatic nitrogens is 4. The highest BCUT2D eigenvalue weighted by molar-refractivity contribution is 7.00. The van der Waals surface area contributed by atoms with Crippen LogP contribution in [0.2, 0.25) is 0 Å². The maximum Gasteiger partial charge on any atom is 0.252 e. The highest BCUT2D eigenvalue weighted by atomic mass is 15.0. The van der Waals surface area contributed by atoms with E-state index < -0.39 is 0 Å². The molecule has 0 N–H and O–H groups in total. The number of hydrogen-bond donors (Lipinski definition) is 0. The summed E-state index contributed by atoms with van der Waals surface area (Å²) in [5, 5.41) is 10.1. The first kappa shape index (κ1) is 22.8. The Balaban J connectivity index is 1.50. The minimum Gasteiger partial charge on any atom is -0.309 e. The van der Waals surface area contributed by atoms with Gasteiger partial charge in [-0.3, -0.25) is 9.97 Å². The lowest BCUT2D eigenvalue weighted by atomic mass is 9.34. The van der Waals surface area contributed by atoms with Crippen molar-refractivity contribution in [3.63, 3.8) is 0 Å². The Hall–Kier alpha value is -5.68. The SMILES string of the molecule is Cc1nc2cccc3nc(C)c4c5c6c(c1c4c23)-n1c2ccccc2c2cccc(c21)B6c1cccc2c3ccccc3n-5c12. The van der Waals surface area contributed by atoms with Crippen LogP contribution in [0.25, 0.3) is 87.6 Å². The largest absolute Gasteiger partial charge is 0.309 e. The Bertz CT molecular complexity index is 2820. The molecule has 0 atom stereocenters. The lowest BCUT2D eigenvalue weighted by molar-refractivity contribution is 1.15. The van der Waals surface area contributed by atoms with Gasteiger partial charge in [0.25, 0.3) is 6.71 Å². The monoisotopic (exact) mass is 570 g/mol. The van der Waals surface area contributed by atoms with E-state index in [1.165, 1.54) is 87.5 Å². The van der Waals surface area contributed by atoms with E-state index in [4.69, 9.17) is 9.97 Å². The fourth-order valence-corrected chi connectivity index (χ4v) is 9.38. The second kappa shape index (κ2) is 7.33. The molecule has 206 valence electrons. The third-order valence-electron chi connectivity index (χ3n) is 10.9. The zero-order valence-electron chi connectivity index (χ0n) is 24.7. The molecule has 2 aliphatic heterocycles. The summed E-state index contributed by atoms with van der Waals surface area (Å²) in [6.45, 7) is 4.48. The fourth-order valence-electron chi connectivity index (χ4n) is 9.38. The molecule has 0 spiro atoms. The van der Waals surface area contributed by atoms with Crippen molar-refractivity contribution < 1.29 is 0 Å². The number of nitrogens with zero attached hydrogens (tertiary/aromatic N) is 4. The van der Waals surface area contributed by atoms with Crippen LogP contribution in [0.4, 0.5) is 0 Å². The molecule has 0 saturated carbocycles. The summed E-state index contributed by atoms with van der Waals surface area (Å²) in [7, 11) is 0. The smallest absolute Gasteiger partial charge is 0.252 e. The maximum atomic E-state index is 5.29. The molecule has 0 fully saturated rings. The van der Waals surface area contributed by atoms with Gasteiger partial charge in [0, 0.05) is 65.5 Å². The second-order valence-electron chi connectivity index (χ2n) is 12.9. The molecule has 4 aromatic heterocycles. The number of aryl methyl sites for hydroxylation is 2. The van der Waals surface area contributed by atoms with Gasteiger partial charge in [0.05, 0.1) is 33.4 Å². The summed E-state index contributed by atoms with van der Waals surface area (Å²) in [5.41, 5.74) is 15.9. The van der Waals surface area contributed by atoms with E-state index >= 15 is 0 Å². The summed E-state index contributed by atoms with van der Waals surface area (Å²) in [6.07, 6.45) is 0. The van der Waals surface area contributed by atoms with E-state index in [1.807, 2.05) is 0 Å². The Morgan fingerprint density at radius 1 is 0.467 bits per heavy atom. The van der Waals surface area contributed by atoms with Crippen LogP contribution in [-0.4, -0.2) is 25.8 Å². The van der Waals surface area contributed by atoms with Gasteiger partial charge in [-0.15, -0.1) is 0 Å². The average Bonchev–Trinajstić information content (AvgIpc) is 3.58. The van der Waals surface area contributed by atoms with Gasteiger partial charge in [0.1, 0.15) is 0 Å². The molecule has 6 aromatic carbocycles. The van der Waals surface area contributed by atoms with Gasteiger partial charge >= 0.3 is 0 Å². The number of para-hydroxylation sites is 4. The van der Waals surface area contributed by atoms with Crippen LogP contribution in [-0.2, 0) is 0 Å². The standard InChI is InChI=1S/C40H23BN4/c1-20-32-35-33(21(2)43-29-17-9-16-28(42-20)34(29)35)40-36-39(32)44-30-18-5-3-10-22(30)24-12-7-14-26(37(24)44)41(36)27-15-8-13-25-23-11-4-6-19-31(23)45(40)38(25)27/h3-19H,1-2H3. The number of rotatable bonds is 0. The van der Waals surface area contributed by atoms with Crippen LogP contribution in [0.1, 0.15) is 11.4 Å². The minimum atomic E-state index is 0.0803. The molecule has 0 radical (unpaired) electrons. The van der Waals surface area contributed by atoms with Crippen LogP contribution in [0, 0.1) is 13.8 Å². The summed E-state index contributed by atoms with van der Waals surface area (Å²) in [5.74, 6) is 0. The first-order chi connectivity index (χ1) is 22.2. The van der Waals surface area contributed by atoms with Crippen molar-refractivity contribution >= 4 is 99.3 Å². The Morgan fingerprint density at radius 2 is 0.933 bits per heavy atom. The van der Waals surface area contributed by atoms with Crippen molar-refractivity contribution in [3.8, 4) is 11.4 Å². The molecule has 5 heteroatoms. The normalized spacial score (nSPS) is 13.5. The quantitative estimate of drug-likeness (QED) is 0.141. The molecule has 0 amide bonds. The maximum absolute atomic E-state index is 5.29. The van der Waals surface area contributed by atoms with Gasteiger partial charge in [-0.1, -0.05) is 78.9 Å². The summed E-state index contributed by atoms with van der Waals surface area (Å²) in [6, 6.07) is 38.1. The van der Waals surface area contributed by atoms with Crippen LogP contribution >= 0.6 is 0 Å². The Labute approximate surface area is 257 Å². The number of fused-ring (bicyclic) bond motifs is 12. The van der Waals surface area contributed by atoms with Crippen molar-refractivity contribution in [3.05, 3.63) is 115 Å². The topological polar surface area (TPSA) is 35.6 Å². The van der Waals surface area contributed by atoms with Crippen molar-refractivity contribution in [1.29, 1.82) is 0 Å². The van der Waals surface area contributed by atoms with Crippen molar-refractivity contribution in [2.75, 3.05) is 0 Å². The van der Waals surface area contributed by atoms with Crippen molar-refractivity contribution in [2.45, 2.75) is 13.8 Å². The average molecular weight is 570 g/mol. The minimum absolute atomic E-state index is 0.0803. The summed E-state index contributed by atoms with van der Waals surface area (Å²) >= 11 is 0. The van der Waals surface area contributed by atoms with Gasteiger partial charge in [-0.2, -0.15) is 0 Å². The molecule has 45 heavy (non-hydrogen) atoms. The van der Waals surface area contributed by atoms with E-state index in [1.54, 1.807) is 0 Å². The first-order valence-electron chi connectivity index (χ1n) is 15.7. The molecule has 0 unspecified atom stereocenters. The zero-order valence-corrected chi connectivity index (χ0v) is 24.7. The van der Waals surface area contributed by atoms with Gasteiger partial charge in [0.2, 0.25) is 0 Å². The molecule has 4 nitrogen and oxygen atoms in total. The lowest BCUT2D eigenvalue weighted by Crippen LogP contribution is -2.59. The van der Waals surface area contributed by atoms with Crippen molar-refractivity contribution in [2.24, 2.45) is 0 Å². The van der Waals surface area contributed by atoms with Crippen LogP contribution < -0.4 is 16.4 Å². The second-order valence-corrected chi connectivity index (χ2v) is 12.9. The van der Waals surface area contributed by atoms with E-state index in [0.29, 0.717) is 0 Å². The molecule has 6 heterocycles. The number of hydrogen-bond acceptors (Lipinski definition) is 2. The Morgan fingerprint density at radius 3 is 1.47 bits per heavy atom. The van der Waals surface area contributed by atoms with E-state index in [9.17, 15) is 0 Å². The molecule has 0 bridgehead atoms. The number of benzene rings is 6. The van der Waals surface area contributed by atoms with E-state index in [0.717, 1.165) is 27.8 Å². The van der Waals surface area contributed by atoms with Gasteiger partial charge in [0.15, 0.2) is 0 Å². The fraction of sp³-hybridized carbons (Fsp3) is 0.0500. The third-order valence-corrected chi connectivity index (χ3v) is 10.9. The Kier molecular flexibility index (Phi) is 3.72. The highest BCUT2D eigenvalue weighted by Gasteiger charge is 2.43. The van der Waals surface area contributed by atoms with Crippen LogP contribution in [0.15, 0.2) is 103 Å². The molecule has 12 rings (SSSR count). The summed E-state index contributed by atoms with van der Waals surface area (Å²) in [4.78, 5) is 10.6. The van der Waals surface area contributed by atoms with Gasteiger partial charge in [-0.25, -0.2) is 0 Å². The zero-order chi connectivity index (χ0) is 29.3.